The zero-order valence-electron chi connectivity index (χ0n) is 14.6. The fourth-order valence-electron chi connectivity index (χ4n) is 2.13. The smallest absolute Gasteiger partial charge is 0.214 e. The Hall–Kier alpha value is -1.68. The summed E-state index contributed by atoms with van der Waals surface area (Å²) in [6.45, 7) is 6.91. The van der Waals surface area contributed by atoms with E-state index in [1.807, 2.05) is 20.8 Å². The Balaban J connectivity index is 0.00000312. The maximum absolute atomic E-state index is 13.4. The number of aliphatic hydroxyl groups is 1. The molecule has 0 saturated carbocycles. The number of nitrogens with zero attached hydrogens (tertiary/aromatic N) is 2. The number of hydrogen-bond donors (Lipinski definition) is 3. The number of rotatable bonds is 6. The van der Waals surface area contributed by atoms with Crippen LogP contribution in [0.15, 0.2) is 27.6 Å². The number of hydrogen-bond acceptors (Lipinski definition) is 4. The first-order chi connectivity index (χ1) is 11.5. The first-order valence-corrected chi connectivity index (χ1v) is 7.86. The van der Waals surface area contributed by atoms with Gasteiger partial charge >= 0.3 is 0 Å². The molecule has 0 fully saturated rings. The molecule has 25 heavy (non-hydrogen) atoms. The SMILES string of the molecule is CCNC(=NCc1ccc(F)c(CO)c1)NCc1nc(C)c(C)o1.I. The van der Waals surface area contributed by atoms with Gasteiger partial charge in [-0.25, -0.2) is 14.4 Å². The highest BCUT2D eigenvalue weighted by atomic mass is 127. The largest absolute Gasteiger partial charge is 0.444 e. The van der Waals surface area contributed by atoms with E-state index in [2.05, 4.69) is 20.6 Å². The van der Waals surface area contributed by atoms with Crippen molar-refractivity contribution in [2.75, 3.05) is 6.54 Å². The van der Waals surface area contributed by atoms with E-state index in [4.69, 9.17) is 9.52 Å². The number of aromatic nitrogens is 1. The first kappa shape index (κ1) is 21.4. The Labute approximate surface area is 164 Å². The van der Waals surface area contributed by atoms with Gasteiger partial charge in [-0.15, -0.1) is 24.0 Å². The van der Waals surface area contributed by atoms with E-state index >= 15 is 0 Å². The van der Waals surface area contributed by atoms with Crippen LogP contribution in [0.4, 0.5) is 4.39 Å². The Bertz CT molecular complexity index is 699. The molecular formula is C17H24FIN4O2. The van der Waals surface area contributed by atoms with Gasteiger partial charge in [0.2, 0.25) is 5.89 Å². The number of nitrogens with one attached hydrogen (secondary N) is 2. The van der Waals surface area contributed by atoms with Crippen LogP contribution in [0.2, 0.25) is 0 Å². The molecular weight excluding hydrogens is 438 g/mol. The van der Waals surface area contributed by atoms with Gasteiger partial charge in [-0.2, -0.15) is 0 Å². The van der Waals surface area contributed by atoms with Crippen LogP contribution in [0.3, 0.4) is 0 Å². The van der Waals surface area contributed by atoms with Crippen molar-refractivity contribution >= 4 is 29.9 Å². The number of halogens is 2. The van der Waals surface area contributed by atoms with Crippen LogP contribution in [0.1, 0.15) is 35.4 Å². The molecule has 0 amide bonds. The van der Waals surface area contributed by atoms with Crippen LogP contribution in [0.25, 0.3) is 0 Å². The van der Waals surface area contributed by atoms with Crippen molar-refractivity contribution in [3.8, 4) is 0 Å². The van der Waals surface area contributed by atoms with E-state index in [1.54, 1.807) is 12.1 Å². The minimum absolute atomic E-state index is 0. The molecule has 0 saturated heterocycles. The van der Waals surface area contributed by atoms with Crippen molar-refractivity contribution in [3.63, 3.8) is 0 Å². The highest BCUT2D eigenvalue weighted by Gasteiger charge is 2.07. The lowest BCUT2D eigenvalue weighted by atomic mass is 10.1. The van der Waals surface area contributed by atoms with Gasteiger partial charge in [-0.05, 0) is 38.5 Å². The quantitative estimate of drug-likeness (QED) is 0.350. The average Bonchev–Trinajstić information content (AvgIpc) is 2.89. The normalized spacial score (nSPS) is 11.2. The Morgan fingerprint density at radius 1 is 1.32 bits per heavy atom. The summed E-state index contributed by atoms with van der Waals surface area (Å²) in [4.78, 5) is 8.77. The number of aryl methyl sites for hydroxylation is 2. The molecule has 0 spiro atoms. The molecule has 2 rings (SSSR count). The van der Waals surface area contributed by atoms with Crippen LogP contribution >= 0.6 is 24.0 Å². The zero-order valence-corrected chi connectivity index (χ0v) is 16.9. The van der Waals surface area contributed by atoms with Crippen LogP contribution < -0.4 is 10.6 Å². The van der Waals surface area contributed by atoms with E-state index in [1.165, 1.54) is 6.07 Å². The maximum Gasteiger partial charge on any atom is 0.214 e. The third kappa shape index (κ3) is 6.28. The first-order valence-electron chi connectivity index (χ1n) is 7.86. The van der Waals surface area contributed by atoms with E-state index in [0.29, 0.717) is 31.5 Å². The molecule has 0 radical (unpaired) electrons. The summed E-state index contributed by atoms with van der Waals surface area (Å²) in [5.74, 6) is 1.60. The van der Waals surface area contributed by atoms with Crippen molar-refractivity contribution in [1.29, 1.82) is 0 Å². The minimum atomic E-state index is -0.412. The Morgan fingerprint density at radius 3 is 2.68 bits per heavy atom. The van der Waals surface area contributed by atoms with Crippen LogP contribution in [0, 0.1) is 19.7 Å². The molecule has 2 aromatic rings. The lowest BCUT2D eigenvalue weighted by Crippen LogP contribution is -2.36. The topological polar surface area (TPSA) is 82.7 Å². The molecule has 0 atom stereocenters. The van der Waals surface area contributed by atoms with Crippen molar-refractivity contribution in [1.82, 2.24) is 15.6 Å². The lowest BCUT2D eigenvalue weighted by Gasteiger charge is -2.10. The molecule has 6 nitrogen and oxygen atoms in total. The predicted molar refractivity (Wildman–Crippen MR) is 105 cm³/mol. The molecule has 0 bridgehead atoms. The lowest BCUT2D eigenvalue weighted by molar-refractivity contribution is 0.275. The molecule has 8 heteroatoms. The molecule has 0 unspecified atom stereocenters. The minimum Gasteiger partial charge on any atom is -0.444 e. The van der Waals surface area contributed by atoms with Gasteiger partial charge in [0.25, 0.3) is 0 Å². The van der Waals surface area contributed by atoms with E-state index in [0.717, 1.165) is 17.0 Å². The Kier molecular flexibility index (Phi) is 8.84. The summed E-state index contributed by atoms with van der Waals surface area (Å²) in [6, 6.07) is 4.61. The standard InChI is InChI=1S/C17H23FN4O2.HI/c1-4-19-17(21-9-16-22-11(2)12(3)24-16)20-8-13-5-6-15(18)14(7-13)10-23;/h5-7,23H,4,8-10H2,1-3H3,(H2,19,20,21);1H. The van der Waals surface area contributed by atoms with Gasteiger partial charge in [0.05, 0.1) is 25.4 Å². The average molecular weight is 462 g/mol. The summed E-state index contributed by atoms with van der Waals surface area (Å²) in [6.07, 6.45) is 0. The number of aliphatic imine (C=N–C) groups is 1. The van der Waals surface area contributed by atoms with Crippen molar-refractivity contribution in [2.45, 2.75) is 40.5 Å². The van der Waals surface area contributed by atoms with Crippen LogP contribution in [-0.4, -0.2) is 22.6 Å². The van der Waals surface area contributed by atoms with Crippen LogP contribution in [-0.2, 0) is 19.7 Å². The fraction of sp³-hybridized carbons (Fsp3) is 0.412. The van der Waals surface area contributed by atoms with E-state index < -0.39 is 5.82 Å². The number of aliphatic hydroxyl groups excluding tert-OH is 1. The fourth-order valence-corrected chi connectivity index (χ4v) is 2.13. The summed E-state index contributed by atoms with van der Waals surface area (Å²) in [5, 5.41) is 15.4. The molecule has 1 aromatic carbocycles. The molecule has 0 aliphatic rings. The maximum atomic E-state index is 13.4. The van der Waals surface area contributed by atoms with E-state index in [9.17, 15) is 4.39 Å². The highest BCUT2D eigenvalue weighted by molar-refractivity contribution is 14.0. The number of benzene rings is 1. The molecule has 3 N–H and O–H groups in total. The molecule has 0 aliphatic carbocycles. The van der Waals surface area contributed by atoms with E-state index in [-0.39, 0.29) is 36.1 Å². The second-order valence-electron chi connectivity index (χ2n) is 5.38. The van der Waals surface area contributed by atoms with Crippen molar-refractivity contribution in [2.24, 2.45) is 4.99 Å². The van der Waals surface area contributed by atoms with Gasteiger partial charge in [0.15, 0.2) is 5.96 Å². The number of guanidine groups is 1. The number of oxazole rings is 1. The molecule has 1 heterocycles. The monoisotopic (exact) mass is 462 g/mol. The Morgan fingerprint density at radius 2 is 2.08 bits per heavy atom. The van der Waals surface area contributed by atoms with Gasteiger partial charge in [-0.1, -0.05) is 6.07 Å². The summed E-state index contributed by atoms with van der Waals surface area (Å²) in [5.41, 5.74) is 1.96. The predicted octanol–water partition coefficient (Wildman–Crippen LogP) is 2.80. The third-order valence-corrected chi connectivity index (χ3v) is 3.52. The van der Waals surface area contributed by atoms with Gasteiger partial charge in [0.1, 0.15) is 11.6 Å². The zero-order chi connectivity index (χ0) is 17.5. The third-order valence-electron chi connectivity index (χ3n) is 3.52. The molecule has 1 aromatic heterocycles. The second-order valence-corrected chi connectivity index (χ2v) is 5.38. The van der Waals surface area contributed by atoms with Crippen molar-refractivity contribution in [3.05, 3.63) is 52.5 Å². The van der Waals surface area contributed by atoms with Gasteiger partial charge < -0.3 is 20.2 Å². The van der Waals surface area contributed by atoms with Gasteiger partial charge in [-0.3, -0.25) is 0 Å². The summed E-state index contributed by atoms with van der Waals surface area (Å²) < 4.78 is 18.9. The van der Waals surface area contributed by atoms with Crippen molar-refractivity contribution < 1.29 is 13.9 Å². The van der Waals surface area contributed by atoms with Crippen LogP contribution in [0.5, 0.6) is 0 Å². The summed E-state index contributed by atoms with van der Waals surface area (Å²) >= 11 is 0. The van der Waals surface area contributed by atoms with Gasteiger partial charge in [0, 0.05) is 12.1 Å². The molecule has 0 aliphatic heterocycles. The summed E-state index contributed by atoms with van der Waals surface area (Å²) in [7, 11) is 0. The molecule has 138 valence electrons. The highest BCUT2D eigenvalue weighted by Crippen LogP contribution is 2.11. The second kappa shape index (κ2) is 10.3.